The van der Waals surface area contributed by atoms with Crippen LogP contribution >= 0.6 is 0 Å². The lowest BCUT2D eigenvalue weighted by molar-refractivity contribution is 0.912. The molecule has 0 amide bonds. The Balaban J connectivity index is 2.57. The molecule has 2 heterocycles. The minimum absolute atomic E-state index is 0.705. The van der Waals surface area contributed by atoms with E-state index < -0.39 is 0 Å². The summed E-state index contributed by atoms with van der Waals surface area (Å²) in [6.07, 6.45) is 3.92. The number of hydrogen-bond donors (Lipinski definition) is 1. The van der Waals surface area contributed by atoms with Gasteiger partial charge in [0.25, 0.3) is 0 Å². The predicted octanol–water partition coefficient (Wildman–Crippen LogP) is 0.827. The number of fused-ring (bicyclic) bond motifs is 1. The minimum Gasteiger partial charge on any atom is -0.364 e. The molecule has 1 aromatic rings. The van der Waals surface area contributed by atoms with Gasteiger partial charge in [-0.25, -0.2) is 0 Å². The SMILES string of the molecule is Cn1ccc2c1C=NCN2. The molecule has 3 nitrogen and oxygen atoms in total. The highest BCUT2D eigenvalue weighted by molar-refractivity contribution is 5.87. The number of aromatic nitrogens is 1. The Bertz CT molecular complexity index is 272. The predicted molar refractivity (Wildman–Crippen MR) is 41.5 cm³/mol. The van der Waals surface area contributed by atoms with Gasteiger partial charge < -0.3 is 9.88 Å². The van der Waals surface area contributed by atoms with Gasteiger partial charge in [0, 0.05) is 19.5 Å². The van der Waals surface area contributed by atoms with Crippen molar-refractivity contribution in [2.45, 2.75) is 0 Å². The van der Waals surface area contributed by atoms with Crippen molar-refractivity contribution in [2.24, 2.45) is 12.0 Å². The molecule has 0 radical (unpaired) electrons. The second kappa shape index (κ2) is 1.87. The quantitative estimate of drug-likeness (QED) is 0.561. The van der Waals surface area contributed by atoms with Crippen LogP contribution in [-0.4, -0.2) is 17.5 Å². The fourth-order valence-electron chi connectivity index (χ4n) is 1.12. The van der Waals surface area contributed by atoms with Gasteiger partial charge in [-0.2, -0.15) is 0 Å². The maximum atomic E-state index is 4.09. The molecule has 0 saturated carbocycles. The average Bonchev–Trinajstić information content (AvgIpc) is 2.34. The van der Waals surface area contributed by atoms with Crippen molar-refractivity contribution >= 4 is 11.9 Å². The first kappa shape index (κ1) is 5.53. The molecule has 1 aliphatic heterocycles. The number of aliphatic imine (C=N–C) groups is 1. The molecule has 1 aliphatic rings. The van der Waals surface area contributed by atoms with Crippen molar-refractivity contribution < 1.29 is 0 Å². The molecule has 1 aromatic heterocycles. The summed E-state index contributed by atoms with van der Waals surface area (Å²) in [4.78, 5) is 4.09. The van der Waals surface area contributed by atoms with Crippen molar-refractivity contribution in [3.05, 3.63) is 18.0 Å². The Morgan fingerprint density at radius 3 is 3.40 bits per heavy atom. The van der Waals surface area contributed by atoms with Crippen LogP contribution in [0.1, 0.15) is 5.69 Å². The molecule has 0 spiro atoms. The molecule has 2 rings (SSSR count). The van der Waals surface area contributed by atoms with Gasteiger partial charge in [0.1, 0.15) is 6.67 Å². The number of anilines is 1. The van der Waals surface area contributed by atoms with Crippen LogP contribution in [0.4, 0.5) is 5.69 Å². The average molecular weight is 135 g/mol. The highest BCUT2D eigenvalue weighted by Gasteiger charge is 2.05. The molecule has 0 bridgehead atoms. The molecule has 3 heteroatoms. The lowest BCUT2D eigenvalue weighted by Crippen LogP contribution is -2.08. The lowest BCUT2D eigenvalue weighted by atomic mass is 10.3. The molecule has 0 fully saturated rings. The first-order valence-corrected chi connectivity index (χ1v) is 3.27. The van der Waals surface area contributed by atoms with Crippen LogP contribution in [0.3, 0.4) is 0 Å². The van der Waals surface area contributed by atoms with Gasteiger partial charge in [-0.1, -0.05) is 0 Å². The second-order valence-corrected chi connectivity index (χ2v) is 2.37. The number of rotatable bonds is 0. The first-order valence-electron chi connectivity index (χ1n) is 3.27. The van der Waals surface area contributed by atoms with E-state index in [9.17, 15) is 0 Å². The molecule has 0 unspecified atom stereocenters. The molecule has 0 aliphatic carbocycles. The number of nitrogens with one attached hydrogen (secondary N) is 1. The monoisotopic (exact) mass is 135 g/mol. The van der Waals surface area contributed by atoms with Crippen molar-refractivity contribution in [3.63, 3.8) is 0 Å². The highest BCUT2D eigenvalue weighted by Crippen LogP contribution is 2.15. The van der Waals surface area contributed by atoms with Crippen molar-refractivity contribution in [1.29, 1.82) is 0 Å². The maximum Gasteiger partial charge on any atom is 0.107 e. The van der Waals surface area contributed by atoms with Gasteiger partial charge in [-0.15, -0.1) is 0 Å². The first-order chi connectivity index (χ1) is 4.88. The summed E-state index contributed by atoms with van der Waals surface area (Å²) >= 11 is 0. The van der Waals surface area contributed by atoms with E-state index in [0.717, 1.165) is 5.69 Å². The fourth-order valence-corrected chi connectivity index (χ4v) is 1.12. The zero-order valence-corrected chi connectivity index (χ0v) is 5.83. The molecule has 0 saturated heterocycles. The van der Waals surface area contributed by atoms with E-state index in [1.807, 2.05) is 24.0 Å². The molecular weight excluding hydrogens is 126 g/mol. The van der Waals surface area contributed by atoms with E-state index in [1.165, 1.54) is 5.69 Å². The van der Waals surface area contributed by atoms with Crippen LogP contribution in [0, 0.1) is 0 Å². The van der Waals surface area contributed by atoms with Gasteiger partial charge in [0.2, 0.25) is 0 Å². The third-order valence-corrected chi connectivity index (χ3v) is 1.70. The molecule has 0 aromatic carbocycles. The van der Waals surface area contributed by atoms with Gasteiger partial charge >= 0.3 is 0 Å². The van der Waals surface area contributed by atoms with E-state index in [2.05, 4.69) is 16.4 Å². The third kappa shape index (κ3) is 0.635. The summed E-state index contributed by atoms with van der Waals surface area (Å²) in [6, 6.07) is 2.06. The standard InChI is InChI=1S/C7H9N3/c1-10-3-2-6-7(10)4-8-5-9-6/h2-4,9H,5H2,1H3. The molecule has 52 valence electrons. The topological polar surface area (TPSA) is 29.3 Å². The van der Waals surface area contributed by atoms with Crippen LogP contribution in [0.2, 0.25) is 0 Å². The number of nitrogens with zero attached hydrogens (tertiary/aromatic N) is 2. The van der Waals surface area contributed by atoms with Crippen LogP contribution in [0.25, 0.3) is 0 Å². The summed E-state index contributed by atoms with van der Waals surface area (Å²) < 4.78 is 2.05. The molecule has 10 heavy (non-hydrogen) atoms. The van der Waals surface area contributed by atoms with Crippen LogP contribution in [-0.2, 0) is 7.05 Å². The fraction of sp³-hybridized carbons (Fsp3) is 0.286. The summed E-state index contributed by atoms with van der Waals surface area (Å²) in [5.41, 5.74) is 2.34. The largest absolute Gasteiger partial charge is 0.364 e. The van der Waals surface area contributed by atoms with Crippen LogP contribution in [0.15, 0.2) is 17.3 Å². The lowest BCUT2D eigenvalue weighted by Gasteiger charge is -2.08. The van der Waals surface area contributed by atoms with E-state index in [4.69, 9.17) is 0 Å². The van der Waals surface area contributed by atoms with Crippen molar-refractivity contribution in [2.75, 3.05) is 12.0 Å². The summed E-state index contributed by atoms with van der Waals surface area (Å²) in [6.45, 7) is 0.705. The van der Waals surface area contributed by atoms with E-state index >= 15 is 0 Å². The van der Waals surface area contributed by atoms with Crippen molar-refractivity contribution in [3.8, 4) is 0 Å². The molecule has 1 N–H and O–H groups in total. The third-order valence-electron chi connectivity index (χ3n) is 1.70. The summed E-state index contributed by atoms with van der Waals surface area (Å²) in [5.74, 6) is 0. The van der Waals surface area contributed by atoms with E-state index in [1.54, 1.807) is 0 Å². The van der Waals surface area contributed by atoms with Gasteiger partial charge in [0.05, 0.1) is 11.4 Å². The Labute approximate surface area is 59.4 Å². The summed E-state index contributed by atoms with van der Waals surface area (Å²) in [7, 11) is 2.01. The molecular formula is C7H9N3. The molecule has 0 atom stereocenters. The smallest absolute Gasteiger partial charge is 0.107 e. The number of aryl methyl sites for hydroxylation is 1. The van der Waals surface area contributed by atoms with Crippen molar-refractivity contribution in [1.82, 2.24) is 4.57 Å². The Morgan fingerprint density at radius 2 is 2.60 bits per heavy atom. The Kier molecular flexibility index (Phi) is 1.03. The van der Waals surface area contributed by atoms with E-state index in [0.29, 0.717) is 6.67 Å². The highest BCUT2D eigenvalue weighted by atomic mass is 15.1. The minimum atomic E-state index is 0.705. The van der Waals surface area contributed by atoms with Gasteiger partial charge in [0.15, 0.2) is 0 Å². The van der Waals surface area contributed by atoms with Crippen LogP contribution < -0.4 is 5.32 Å². The Hall–Kier alpha value is -1.25. The maximum absolute atomic E-state index is 4.09. The van der Waals surface area contributed by atoms with Gasteiger partial charge in [-0.3, -0.25) is 4.99 Å². The number of hydrogen-bond acceptors (Lipinski definition) is 2. The van der Waals surface area contributed by atoms with Gasteiger partial charge in [-0.05, 0) is 6.07 Å². The normalized spacial score (nSPS) is 14.5. The van der Waals surface area contributed by atoms with E-state index in [-0.39, 0.29) is 0 Å². The zero-order valence-electron chi connectivity index (χ0n) is 5.83. The Morgan fingerprint density at radius 1 is 1.70 bits per heavy atom. The zero-order chi connectivity index (χ0) is 6.97. The second-order valence-electron chi connectivity index (χ2n) is 2.37. The van der Waals surface area contributed by atoms with Crippen LogP contribution in [0.5, 0.6) is 0 Å². The summed E-state index contributed by atoms with van der Waals surface area (Å²) in [5, 5.41) is 3.16.